The van der Waals surface area contributed by atoms with Gasteiger partial charge in [0.05, 0.1) is 22.9 Å². The van der Waals surface area contributed by atoms with Crippen LogP contribution >= 0.6 is 12.2 Å². The molecule has 1 spiro atoms. The van der Waals surface area contributed by atoms with Gasteiger partial charge in [-0.15, -0.1) is 0 Å². The van der Waals surface area contributed by atoms with Gasteiger partial charge >= 0.3 is 6.18 Å². The molecule has 1 saturated heterocycles. The number of hydrogen-bond acceptors (Lipinski definition) is 4. The van der Waals surface area contributed by atoms with Gasteiger partial charge in [0.2, 0.25) is 0 Å². The number of aromatic hydroxyl groups is 1. The Balaban J connectivity index is 1.90. The summed E-state index contributed by atoms with van der Waals surface area (Å²) in [6.07, 6.45) is -2.67. The topological polar surface area (TPSA) is 67.6 Å². The van der Waals surface area contributed by atoms with Crippen molar-refractivity contribution in [3.05, 3.63) is 53.1 Å². The third kappa shape index (κ3) is 3.05. The number of nitrogens with zero attached hydrogens (tertiary/aromatic N) is 3. The second-order valence-corrected chi connectivity index (χ2v) is 7.98. The van der Waals surface area contributed by atoms with E-state index in [0.29, 0.717) is 30.5 Å². The van der Waals surface area contributed by atoms with Crippen molar-refractivity contribution in [1.82, 2.24) is 0 Å². The van der Waals surface area contributed by atoms with E-state index in [2.05, 4.69) is 0 Å². The number of aryl methyl sites for hydroxylation is 1. The zero-order valence-corrected chi connectivity index (χ0v) is 17.3. The van der Waals surface area contributed by atoms with Crippen LogP contribution in [-0.2, 0) is 17.4 Å². The number of hydrogen-bond donors (Lipinski definition) is 1. The first kappa shape index (κ1) is 21.1. The molecule has 0 aromatic heterocycles. The van der Waals surface area contributed by atoms with Crippen molar-refractivity contribution in [2.45, 2.75) is 44.3 Å². The van der Waals surface area contributed by atoms with E-state index in [0.717, 1.165) is 23.5 Å². The summed E-state index contributed by atoms with van der Waals surface area (Å²) >= 11 is 5.54. The van der Waals surface area contributed by atoms with Gasteiger partial charge in [0, 0.05) is 5.69 Å². The third-order valence-electron chi connectivity index (χ3n) is 5.98. The lowest BCUT2D eigenvalue weighted by Crippen LogP contribution is -2.55. The Morgan fingerprint density at radius 3 is 2.52 bits per heavy atom. The number of alkyl halides is 3. The lowest BCUT2D eigenvalue weighted by molar-refractivity contribution is -0.137. The molecule has 1 saturated carbocycles. The molecule has 0 radical (unpaired) electrons. The van der Waals surface area contributed by atoms with E-state index in [1.165, 1.54) is 12.1 Å². The van der Waals surface area contributed by atoms with Gasteiger partial charge in [0.1, 0.15) is 11.3 Å². The van der Waals surface area contributed by atoms with Crippen LogP contribution < -0.4 is 9.80 Å². The molecule has 0 unspecified atom stereocenters. The average Bonchev–Trinajstić information content (AvgIpc) is 2.94. The normalized spacial score (nSPS) is 17.8. The molecule has 5 nitrogen and oxygen atoms in total. The molecule has 0 bridgehead atoms. The number of benzene rings is 2. The maximum absolute atomic E-state index is 13.9. The molecule has 31 heavy (non-hydrogen) atoms. The molecule has 160 valence electrons. The highest BCUT2D eigenvalue weighted by molar-refractivity contribution is 7.81. The number of thiocarbonyl (C=S) groups is 1. The third-order valence-corrected chi connectivity index (χ3v) is 6.35. The Bertz CT molecular complexity index is 1140. The van der Waals surface area contributed by atoms with E-state index < -0.39 is 34.4 Å². The number of rotatable bonds is 3. The number of nitriles is 1. The fourth-order valence-electron chi connectivity index (χ4n) is 4.30. The van der Waals surface area contributed by atoms with Crippen LogP contribution in [0.4, 0.5) is 24.5 Å². The Morgan fingerprint density at radius 2 is 1.97 bits per heavy atom. The number of amides is 1. The summed E-state index contributed by atoms with van der Waals surface area (Å²) in [6, 6.07) is 9.91. The van der Waals surface area contributed by atoms with Crippen LogP contribution in [0.1, 0.15) is 42.9 Å². The summed E-state index contributed by atoms with van der Waals surface area (Å²) < 4.78 is 41.6. The standard InChI is InChI=1S/C22H18F3N3O2S/c1-2-13-11-15(7-8-17(13)29)28-20(31)27(19(30)21(28)9-4-10-21)16-6-3-5-14(12-26)18(16)22(23,24)25/h3,5-8,11,29H,2,4,9-10H2,1H3. The highest BCUT2D eigenvalue weighted by Crippen LogP contribution is 2.50. The van der Waals surface area contributed by atoms with Crippen molar-refractivity contribution >= 4 is 34.6 Å². The van der Waals surface area contributed by atoms with Gasteiger partial charge in [-0.3, -0.25) is 9.69 Å². The first-order valence-electron chi connectivity index (χ1n) is 9.76. The Morgan fingerprint density at radius 1 is 1.26 bits per heavy atom. The van der Waals surface area contributed by atoms with Crippen molar-refractivity contribution in [3.63, 3.8) is 0 Å². The molecule has 1 aliphatic heterocycles. The summed E-state index contributed by atoms with van der Waals surface area (Å²) in [5.74, 6) is -0.432. The monoisotopic (exact) mass is 445 g/mol. The number of halogens is 3. The molecule has 1 amide bonds. The average molecular weight is 445 g/mol. The lowest BCUT2D eigenvalue weighted by atomic mass is 9.75. The first-order valence-corrected chi connectivity index (χ1v) is 10.2. The Labute approximate surface area is 182 Å². The summed E-state index contributed by atoms with van der Waals surface area (Å²) in [4.78, 5) is 16.0. The Kier molecular flexibility index (Phi) is 4.93. The maximum atomic E-state index is 13.9. The molecule has 0 atom stereocenters. The van der Waals surface area contributed by atoms with E-state index in [4.69, 9.17) is 12.2 Å². The highest BCUT2D eigenvalue weighted by Gasteiger charge is 2.60. The van der Waals surface area contributed by atoms with Crippen molar-refractivity contribution in [3.8, 4) is 11.8 Å². The molecule has 4 rings (SSSR count). The van der Waals surface area contributed by atoms with Crippen LogP contribution in [0.5, 0.6) is 5.75 Å². The summed E-state index contributed by atoms with van der Waals surface area (Å²) in [6.45, 7) is 1.86. The summed E-state index contributed by atoms with van der Waals surface area (Å²) in [5, 5.41) is 19.2. The minimum absolute atomic E-state index is 0.0713. The second kappa shape index (κ2) is 7.24. The number of anilines is 2. The van der Waals surface area contributed by atoms with Gasteiger partial charge in [-0.05, 0) is 73.8 Å². The van der Waals surface area contributed by atoms with Crippen molar-refractivity contribution in [2.75, 3.05) is 9.80 Å². The molecule has 2 aromatic carbocycles. The predicted octanol–water partition coefficient (Wildman–Crippen LogP) is 4.91. The van der Waals surface area contributed by atoms with Crippen LogP contribution in [0.2, 0.25) is 0 Å². The zero-order chi connectivity index (χ0) is 22.6. The summed E-state index contributed by atoms with van der Waals surface area (Å²) in [5.41, 5.74) is -2.07. The fraction of sp³-hybridized carbons (Fsp3) is 0.318. The second-order valence-electron chi connectivity index (χ2n) is 7.62. The van der Waals surface area contributed by atoms with E-state index in [1.807, 2.05) is 6.92 Å². The molecule has 2 aliphatic rings. The number of phenols is 1. The van der Waals surface area contributed by atoms with Gasteiger partial charge in [0.15, 0.2) is 5.11 Å². The van der Waals surface area contributed by atoms with E-state index in [1.54, 1.807) is 23.1 Å². The molecule has 2 aromatic rings. The number of phenolic OH excluding ortho intramolecular Hbond substituents is 1. The van der Waals surface area contributed by atoms with Crippen molar-refractivity contribution < 1.29 is 23.1 Å². The van der Waals surface area contributed by atoms with Crippen LogP contribution in [0.3, 0.4) is 0 Å². The highest BCUT2D eigenvalue weighted by atomic mass is 32.1. The minimum atomic E-state index is -4.84. The lowest BCUT2D eigenvalue weighted by Gasteiger charge is -2.43. The van der Waals surface area contributed by atoms with Crippen LogP contribution in [0.25, 0.3) is 0 Å². The molecule has 2 fully saturated rings. The molecule has 9 heteroatoms. The van der Waals surface area contributed by atoms with Gasteiger partial charge in [0.25, 0.3) is 5.91 Å². The molecular weight excluding hydrogens is 427 g/mol. The van der Waals surface area contributed by atoms with Crippen molar-refractivity contribution in [2.24, 2.45) is 0 Å². The first-order chi connectivity index (χ1) is 14.7. The van der Waals surface area contributed by atoms with Gasteiger partial charge < -0.3 is 10.0 Å². The number of carbonyl (C=O) groups is 1. The Hall–Kier alpha value is -3.12. The number of carbonyl (C=O) groups excluding carboxylic acids is 1. The van der Waals surface area contributed by atoms with E-state index in [-0.39, 0.29) is 10.9 Å². The fourth-order valence-corrected chi connectivity index (χ4v) is 4.77. The molecule has 1 N–H and O–H groups in total. The van der Waals surface area contributed by atoms with Crippen LogP contribution in [0.15, 0.2) is 36.4 Å². The maximum Gasteiger partial charge on any atom is 0.419 e. The summed E-state index contributed by atoms with van der Waals surface area (Å²) in [7, 11) is 0. The van der Waals surface area contributed by atoms with E-state index >= 15 is 0 Å². The molecule has 1 aliphatic carbocycles. The predicted molar refractivity (Wildman–Crippen MR) is 113 cm³/mol. The smallest absolute Gasteiger partial charge is 0.419 e. The molecule has 1 heterocycles. The van der Waals surface area contributed by atoms with E-state index in [9.17, 15) is 28.3 Å². The van der Waals surface area contributed by atoms with Gasteiger partial charge in [-0.2, -0.15) is 18.4 Å². The largest absolute Gasteiger partial charge is 0.508 e. The van der Waals surface area contributed by atoms with Crippen molar-refractivity contribution in [1.29, 1.82) is 5.26 Å². The minimum Gasteiger partial charge on any atom is -0.508 e. The SMILES string of the molecule is CCc1cc(N2C(=S)N(c3cccc(C#N)c3C(F)(F)F)C(=O)C23CCC3)ccc1O. The zero-order valence-electron chi connectivity index (χ0n) is 16.5. The van der Waals surface area contributed by atoms with Crippen LogP contribution in [-0.4, -0.2) is 21.7 Å². The molecular formula is C22H18F3N3O2S. The quantitative estimate of drug-likeness (QED) is 0.681. The van der Waals surface area contributed by atoms with Gasteiger partial charge in [-0.1, -0.05) is 13.0 Å². The van der Waals surface area contributed by atoms with Crippen LogP contribution in [0, 0.1) is 11.3 Å². The van der Waals surface area contributed by atoms with Gasteiger partial charge in [-0.25, -0.2) is 0 Å².